The van der Waals surface area contributed by atoms with E-state index in [1.165, 1.54) is 16.8 Å². The average Bonchev–Trinajstić information content (AvgIpc) is 2.59. The molecule has 0 aliphatic rings. The summed E-state index contributed by atoms with van der Waals surface area (Å²) in [6.07, 6.45) is 0. The van der Waals surface area contributed by atoms with Gasteiger partial charge >= 0.3 is 0 Å². The SMILES string of the molecule is CCN(CCNC(=O)CN(C)Cc1ccccc1)c1cccc(C)c1. The van der Waals surface area contributed by atoms with E-state index < -0.39 is 0 Å². The number of carbonyl (C=O) groups excluding carboxylic acids is 1. The molecule has 2 aromatic carbocycles. The molecule has 4 heteroatoms. The lowest BCUT2D eigenvalue weighted by atomic mass is 10.2. The number of hydrogen-bond acceptors (Lipinski definition) is 3. The number of hydrogen-bond donors (Lipinski definition) is 1. The van der Waals surface area contributed by atoms with Crippen LogP contribution in [0.15, 0.2) is 54.6 Å². The minimum Gasteiger partial charge on any atom is -0.370 e. The van der Waals surface area contributed by atoms with Crippen LogP contribution in [-0.2, 0) is 11.3 Å². The molecule has 0 saturated carbocycles. The summed E-state index contributed by atoms with van der Waals surface area (Å²) < 4.78 is 0. The molecule has 0 spiro atoms. The van der Waals surface area contributed by atoms with Crippen LogP contribution >= 0.6 is 0 Å². The van der Waals surface area contributed by atoms with Crippen LogP contribution in [0.1, 0.15) is 18.1 Å². The summed E-state index contributed by atoms with van der Waals surface area (Å²) in [4.78, 5) is 16.4. The normalized spacial score (nSPS) is 10.7. The molecule has 134 valence electrons. The van der Waals surface area contributed by atoms with Crippen LogP contribution in [0.3, 0.4) is 0 Å². The number of nitrogens with one attached hydrogen (secondary N) is 1. The van der Waals surface area contributed by atoms with E-state index in [-0.39, 0.29) is 5.91 Å². The van der Waals surface area contributed by atoms with Crippen molar-refractivity contribution >= 4 is 11.6 Å². The number of carbonyl (C=O) groups is 1. The predicted octanol–water partition coefficient (Wildman–Crippen LogP) is 3.07. The zero-order valence-corrected chi connectivity index (χ0v) is 15.5. The highest BCUT2D eigenvalue weighted by atomic mass is 16.2. The van der Waals surface area contributed by atoms with Gasteiger partial charge in [-0.1, -0.05) is 42.5 Å². The maximum atomic E-state index is 12.1. The van der Waals surface area contributed by atoms with E-state index in [0.29, 0.717) is 13.1 Å². The van der Waals surface area contributed by atoms with Crippen molar-refractivity contribution in [2.75, 3.05) is 38.1 Å². The molecule has 0 aromatic heterocycles. The minimum absolute atomic E-state index is 0.0683. The summed E-state index contributed by atoms with van der Waals surface area (Å²) in [6, 6.07) is 18.7. The number of benzene rings is 2. The molecule has 0 heterocycles. The zero-order valence-electron chi connectivity index (χ0n) is 15.5. The Morgan fingerprint density at radius 1 is 1.08 bits per heavy atom. The molecule has 0 atom stereocenters. The molecule has 1 N–H and O–H groups in total. The smallest absolute Gasteiger partial charge is 0.234 e. The number of anilines is 1. The van der Waals surface area contributed by atoms with Crippen LogP contribution in [-0.4, -0.2) is 44.0 Å². The summed E-state index contributed by atoms with van der Waals surface area (Å²) in [6.45, 7) is 7.81. The van der Waals surface area contributed by atoms with Gasteiger partial charge in [-0.25, -0.2) is 0 Å². The van der Waals surface area contributed by atoms with Crippen molar-refractivity contribution in [3.05, 3.63) is 65.7 Å². The van der Waals surface area contributed by atoms with Crippen LogP contribution in [0.25, 0.3) is 0 Å². The lowest BCUT2D eigenvalue weighted by Gasteiger charge is -2.24. The molecule has 0 unspecified atom stereocenters. The first-order valence-corrected chi connectivity index (χ1v) is 8.89. The van der Waals surface area contributed by atoms with Gasteiger partial charge < -0.3 is 10.2 Å². The quantitative estimate of drug-likeness (QED) is 0.763. The highest BCUT2D eigenvalue weighted by Crippen LogP contribution is 2.14. The van der Waals surface area contributed by atoms with Gasteiger partial charge in [0, 0.05) is 31.9 Å². The largest absolute Gasteiger partial charge is 0.370 e. The first kappa shape index (κ1) is 19.0. The molecule has 1 amide bonds. The van der Waals surface area contributed by atoms with Crippen LogP contribution < -0.4 is 10.2 Å². The summed E-state index contributed by atoms with van der Waals surface area (Å²) >= 11 is 0. The second kappa shape index (κ2) is 9.84. The fraction of sp³-hybridized carbons (Fsp3) is 0.381. The topological polar surface area (TPSA) is 35.6 Å². The van der Waals surface area contributed by atoms with E-state index in [2.05, 4.69) is 60.5 Å². The van der Waals surface area contributed by atoms with Crippen molar-refractivity contribution in [3.8, 4) is 0 Å². The van der Waals surface area contributed by atoms with E-state index >= 15 is 0 Å². The lowest BCUT2D eigenvalue weighted by molar-refractivity contribution is -0.122. The van der Waals surface area contributed by atoms with E-state index in [0.717, 1.165) is 19.6 Å². The third-order valence-corrected chi connectivity index (χ3v) is 4.16. The van der Waals surface area contributed by atoms with Crippen molar-refractivity contribution < 1.29 is 4.79 Å². The molecule has 4 nitrogen and oxygen atoms in total. The van der Waals surface area contributed by atoms with Gasteiger partial charge in [0.15, 0.2) is 0 Å². The fourth-order valence-electron chi connectivity index (χ4n) is 2.88. The third-order valence-electron chi connectivity index (χ3n) is 4.16. The van der Waals surface area contributed by atoms with E-state index in [1.54, 1.807) is 0 Å². The van der Waals surface area contributed by atoms with Crippen molar-refractivity contribution in [1.29, 1.82) is 0 Å². The molecule has 0 fully saturated rings. The van der Waals surface area contributed by atoms with Crippen molar-refractivity contribution in [2.24, 2.45) is 0 Å². The van der Waals surface area contributed by atoms with Crippen LogP contribution in [0.2, 0.25) is 0 Å². The van der Waals surface area contributed by atoms with E-state index in [1.807, 2.05) is 30.1 Å². The summed E-state index contributed by atoms with van der Waals surface area (Å²) in [7, 11) is 1.97. The molecule has 0 radical (unpaired) electrons. The summed E-state index contributed by atoms with van der Waals surface area (Å²) in [5.41, 5.74) is 3.68. The monoisotopic (exact) mass is 339 g/mol. The first-order valence-electron chi connectivity index (χ1n) is 8.89. The molecule has 0 saturated heterocycles. The number of nitrogens with zero attached hydrogens (tertiary/aromatic N) is 2. The molecule has 25 heavy (non-hydrogen) atoms. The van der Waals surface area contributed by atoms with Gasteiger partial charge in [0.1, 0.15) is 0 Å². The van der Waals surface area contributed by atoms with Gasteiger partial charge in [0.05, 0.1) is 6.54 Å². The lowest BCUT2D eigenvalue weighted by Crippen LogP contribution is -2.39. The second-order valence-electron chi connectivity index (χ2n) is 6.43. The Labute approximate surface area is 151 Å². The number of aryl methyl sites for hydroxylation is 1. The summed E-state index contributed by atoms with van der Waals surface area (Å²) in [5, 5.41) is 3.03. The van der Waals surface area contributed by atoms with Gasteiger partial charge in [0.25, 0.3) is 0 Å². The molecule has 0 aliphatic heterocycles. The maximum Gasteiger partial charge on any atom is 0.234 e. The van der Waals surface area contributed by atoms with Crippen LogP contribution in [0.4, 0.5) is 5.69 Å². The van der Waals surface area contributed by atoms with E-state index in [9.17, 15) is 4.79 Å². The number of amides is 1. The Bertz CT molecular complexity index is 657. The standard InChI is InChI=1S/C21H29N3O/c1-4-24(20-12-8-9-18(2)15-20)14-13-22-21(25)17-23(3)16-19-10-6-5-7-11-19/h5-12,15H,4,13-14,16-17H2,1-3H3,(H,22,25). The molecule has 2 rings (SSSR count). The van der Waals surface area contributed by atoms with Gasteiger partial charge in [-0.3, -0.25) is 9.69 Å². The molecular formula is C21H29N3O. The van der Waals surface area contributed by atoms with Gasteiger partial charge in [-0.05, 0) is 44.2 Å². The van der Waals surface area contributed by atoms with Crippen LogP contribution in [0.5, 0.6) is 0 Å². The number of rotatable bonds is 9. The Morgan fingerprint density at radius 2 is 1.84 bits per heavy atom. The minimum atomic E-state index is 0.0683. The van der Waals surface area contributed by atoms with Gasteiger partial charge in [-0.2, -0.15) is 0 Å². The van der Waals surface area contributed by atoms with Crippen molar-refractivity contribution in [2.45, 2.75) is 20.4 Å². The Balaban J connectivity index is 1.73. The third kappa shape index (κ3) is 6.59. The van der Waals surface area contributed by atoms with Crippen molar-refractivity contribution in [3.63, 3.8) is 0 Å². The second-order valence-corrected chi connectivity index (χ2v) is 6.43. The molecule has 0 bridgehead atoms. The van der Waals surface area contributed by atoms with E-state index in [4.69, 9.17) is 0 Å². The Morgan fingerprint density at radius 3 is 2.52 bits per heavy atom. The molecular weight excluding hydrogens is 310 g/mol. The predicted molar refractivity (Wildman–Crippen MR) is 105 cm³/mol. The zero-order chi connectivity index (χ0) is 18.1. The fourth-order valence-corrected chi connectivity index (χ4v) is 2.88. The van der Waals surface area contributed by atoms with Crippen LogP contribution in [0, 0.1) is 6.92 Å². The highest BCUT2D eigenvalue weighted by molar-refractivity contribution is 5.78. The average molecular weight is 339 g/mol. The first-order chi connectivity index (χ1) is 12.1. The highest BCUT2D eigenvalue weighted by Gasteiger charge is 2.08. The summed E-state index contributed by atoms with van der Waals surface area (Å²) in [5.74, 6) is 0.0683. The Kier molecular flexibility index (Phi) is 7.48. The maximum absolute atomic E-state index is 12.1. The van der Waals surface area contributed by atoms with Gasteiger partial charge in [0.2, 0.25) is 5.91 Å². The molecule has 2 aromatic rings. The van der Waals surface area contributed by atoms with Gasteiger partial charge in [-0.15, -0.1) is 0 Å². The molecule has 0 aliphatic carbocycles. The Hall–Kier alpha value is -2.33. The number of likely N-dealkylation sites (N-methyl/N-ethyl adjacent to an activating group) is 2. The van der Waals surface area contributed by atoms with Crippen molar-refractivity contribution in [1.82, 2.24) is 10.2 Å².